The monoisotopic (exact) mass is 481 g/mol. The van der Waals surface area contributed by atoms with E-state index < -0.39 is 17.2 Å². The number of fused-ring (bicyclic) bond motifs is 1. The molecule has 0 aliphatic carbocycles. The van der Waals surface area contributed by atoms with E-state index in [2.05, 4.69) is 20.6 Å². The number of nitrogens with one attached hydrogen (secondary N) is 2. The summed E-state index contributed by atoms with van der Waals surface area (Å²) >= 11 is 0. The van der Waals surface area contributed by atoms with Crippen molar-refractivity contribution in [3.8, 4) is 11.3 Å². The maximum absolute atomic E-state index is 12.4. The first-order valence-corrected chi connectivity index (χ1v) is 11.7. The van der Waals surface area contributed by atoms with Gasteiger partial charge in [0.15, 0.2) is 5.65 Å². The highest BCUT2D eigenvalue weighted by Crippen LogP contribution is 2.33. The summed E-state index contributed by atoms with van der Waals surface area (Å²) in [5.41, 5.74) is 8.43. The molecular weight excluding hydrogens is 446 g/mol. The predicted octanol–water partition coefficient (Wildman–Crippen LogP) is 3.54. The van der Waals surface area contributed by atoms with Crippen LogP contribution in [0, 0.1) is 6.92 Å². The first kappa shape index (κ1) is 25.9. The zero-order valence-corrected chi connectivity index (χ0v) is 21.3. The number of aromatic nitrogens is 4. The maximum Gasteiger partial charge on any atom is 0.407 e. The average Bonchev–Trinajstić information content (AvgIpc) is 3.17. The number of aryl methyl sites for hydroxylation is 1. The average molecular weight is 482 g/mol. The Hall–Kier alpha value is -3.69. The summed E-state index contributed by atoms with van der Waals surface area (Å²) in [6.07, 6.45) is 1.70. The first-order chi connectivity index (χ1) is 16.4. The molecule has 10 heteroatoms. The van der Waals surface area contributed by atoms with Gasteiger partial charge in [0.2, 0.25) is 5.91 Å². The summed E-state index contributed by atoms with van der Waals surface area (Å²) in [5.74, 6) is 0.238. The molecule has 0 unspecified atom stereocenters. The van der Waals surface area contributed by atoms with Crippen molar-refractivity contribution >= 4 is 28.9 Å². The molecule has 1 aromatic carbocycles. The normalized spacial score (nSPS) is 11.9. The molecule has 0 spiro atoms. The van der Waals surface area contributed by atoms with Crippen LogP contribution in [0.3, 0.4) is 0 Å². The van der Waals surface area contributed by atoms with Crippen molar-refractivity contribution in [1.29, 1.82) is 0 Å². The number of carbonyl (C=O) groups is 2. The molecule has 0 aliphatic heterocycles. The molecule has 0 radical (unpaired) electrons. The van der Waals surface area contributed by atoms with E-state index in [9.17, 15) is 9.59 Å². The molecule has 0 fully saturated rings. The van der Waals surface area contributed by atoms with Crippen LogP contribution in [0.5, 0.6) is 0 Å². The van der Waals surface area contributed by atoms with E-state index >= 15 is 0 Å². The molecule has 4 N–H and O–H groups in total. The van der Waals surface area contributed by atoms with Gasteiger partial charge in [-0.2, -0.15) is 5.10 Å². The van der Waals surface area contributed by atoms with Gasteiger partial charge in [0.25, 0.3) is 0 Å². The predicted molar refractivity (Wildman–Crippen MR) is 136 cm³/mol. The van der Waals surface area contributed by atoms with E-state index in [0.717, 1.165) is 11.1 Å². The number of anilines is 1. The van der Waals surface area contributed by atoms with Crippen molar-refractivity contribution in [1.82, 2.24) is 30.4 Å². The van der Waals surface area contributed by atoms with Crippen LogP contribution in [0.25, 0.3) is 22.3 Å². The van der Waals surface area contributed by atoms with Gasteiger partial charge < -0.3 is 21.1 Å². The SMILES string of the molecule is Cc1ccc(-c2nn(C(C)(C)CNC(=O)CCCNC(=O)OC(C)(C)C)c3ncnc(N)c23)cc1. The summed E-state index contributed by atoms with van der Waals surface area (Å²) < 4.78 is 6.98. The quantitative estimate of drug-likeness (QED) is 0.418. The number of alkyl carbamates (subject to hydrolysis) is 1. The lowest BCUT2D eigenvalue weighted by Crippen LogP contribution is -2.41. The Morgan fingerprint density at radius 1 is 1.06 bits per heavy atom. The fraction of sp³-hybridized carbons (Fsp3) is 0.480. The van der Waals surface area contributed by atoms with Gasteiger partial charge in [0, 0.05) is 25.1 Å². The van der Waals surface area contributed by atoms with Gasteiger partial charge in [-0.1, -0.05) is 29.8 Å². The largest absolute Gasteiger partial charge is 0.444 e. The van der Waals surface area contributed by atoms with E-state index in [1.54, 1.807) is 25.5 Å². The van der Waals surface area contributed by atoms with Crippen LogP contribution in [0.1, 0.15) is 53.0 Å². The number of rotatable bonds is 8. The van der Waals surface area contributed by atoms with Gasteiger partial charge in [0.1, 0.15) is 23.4 Å². The van der Waals surface area contributed by atoms with E-state index in [4.69, 9.17) is 15.6 Å². The minimum atomic E-state index is -0.591. The maximum atomic E-state index is 12.4. The second-order valence-corrected chi connectivity index (χ2v) is 10.2. The minimum absolute atomic E-state index is 0.117. The van der Waals surface area contributed by atoms with Crippen molar-refractivity contribution in [2.45, 2.75) is 65.5 Å². The van der Waals surface area contributed by atoms with Gasteiger partial charge in [-0.3, -0.25) is 4.79 Å². The van der Waals surface area contributed by atoms with Crippen molar-refractivity contribution in [2.75, 3.05) is 18.8 Å². The third-order valence-electron chi connectivity index (χ3n) is 5.36. The topological polar surface area (TPSA) is 137 Å². The summed E-state index contributed by atoms with van der Waals surface area (Å²) in [5, 5.41) is 11.2. The molecule has 2 aromatic heterocycles. The molecule has 0 aliphatic rings. The van der Waals surface area contributed by atoms with Crippen LogP contribution in [0.4, 0.5) is 10.6 Å². The number of ether oxygens (including phenoxy) is 1. The molecule has 0 saturated carbocycles. The lowest BCUT2D eigenvalue weighted by Gasteiger charge is -2.26. The number of carbonyl (C=O) groups excluding carboxylic acids is 2. The van der Waals surface area contributed by atoms with E-state index in [1.165, 1.54) is 6.33 Å². The van der Waals surface area contributed by atoms with Gasteiger partial charge in [-0.05, 0) is 48.0 Å². The Bertz CT molecular complexity index is 1190. The molecule has 0 saturated heterocycles. The minimum Gasteiger partial charge on any atom is -0.444 e. The molecule has 0 atom stereocenters. The molecule has 0 bridgehead atoms. The highest BCUT2D eigenvalue weighted by atomic mass is 16.6. The Labute approximate surface area is 205 Å². The number of hydrogen-bond acceptors (Lipinski definition) is 7. The van der Waals surface area contributed by atoms with Crippen LogP contribution >= 0.6 is 0 Å². The van der Waals surface area contributed by atoms with Crippen LogP contribution < -0.4 is 16.4 Å². The van der Waals surface area contributed by atoms with E-state index in [0.29, 0.717) is 42.1 Å². The second kappa shape index (κ2) is 10.3. The smallest absolute Gasteiger partial charge is 0.407 e. The molecule has 188 valence electrons. The highest BCUT2D eigenvalue weighted by Gasteiger charge is 2.28. The molecule has 10 nitrogen and oxygen atoms in total. The fourth-order valence-corrected chi connectivity index (χ4v) is 3.54. The highest BCUT2D eigenvalue weighted by molar-refractivity contribution is 5.98. The number of hydrogen-bond donors (Lipinski definition) is 3. The molecule has 3 aromatic rings. The summed E-state index contributed by atoms with van der Waals surface area (Å²) in [6, 6.07) is 8.02. The van der Waals surface area contributed by atoms with E-state index in [-0.39, 0.29) is 12.3 Å². The van der Waals surface area contributed by atoms with Crippen molar-refractivity contribution < 1.29 is 14.3 Å². The van der Waals surface area contributed by atoms with Gasteiger partial charge in [-0.25, -0.2) is 19.4 Å². The Balaban J connectivity index is 1.66. The lowest BCUT2D eigenvalue weighted by atomic mass is 10.1. The molecule has 2 heterocycles. The summed E-state index contributed by atoms with van der Waals surface area (Å²) in [4.78, 5) is 32.8. The zero-order valence-electron chi connectivity index (χ0n) is 21.3. The van der Waals surface area contributed by atoms with Crippen LogP contribution in [-0.2, 0) is 15.1 Å². The van der Waals surface area contributed by atoms with E-state index in [1.807, 2.05) is 45.0 Å². The second-order valence-electron chi connectivity index (χ2n) is 10.2. The van der Waals surface area contributed by atoms with Crippen LogP contribution in [0.2, 0.25) is 0 Å². The third kappa shape index (κ3) is 6.68. The number of nitrogens with zero attached hydrogens (tertiary/aromatic N) is 4. The first-order valence-electron chi connectivity index (χ1n) is 11.7. The van der Waals surface area contributed by atoms with Crippen LogP contribution in [-0.4, -0.2) is 50.4 Å². The standard InChI is InChI=1S/C25H35N7O3/c1-16-9-11-17(12-10-16)20-19-21(26)29-15-30-22(19)32(31-20)25(5,6)14-28-18(33)8-7-13-27-23(34)35-24(2,3)4/h9-12,15H,7-8,13-14H2,1-6H3,(H,27,34)(H,28,33)(H2,26,29,30). The summed E-state index contributed by atoms with van der Waals surface area (Å²) in [6.45, 7) is 12.1. The molecule has 3 rings (SSSR count). The summed E-state index contributed by atoms with van der Waals surface area (Å²) in [7, 11) is 0. The van der Waals surface area contributed by atoms with Crippen molar-refractivity contribution in [3.05, 3.63) is 36.2 Å². The zero-order chi connectivity index (χ0) is 25.8. The number of benzene rings is 1. The number of nitrogen functional groups attached to an aromatic ring is 1. The van der Waals surface area contributed by atoms with Crippen molar-refractivity contribution in [3.63, 3.8) is 0 Å². The number of amides is 2. The van der Waals surface area contributed by atoms with Crippen molar-refractivity contribution in [2.24, 2.45) is 0 Å². The Kier molecular flexibility index (Phi) is 7.62. The fourth-order valence-electron chi connectivity index (χ4n) is 3.54. The molecular formula is C25H35N7O3. The number of nitrogens with two attached hydrogens (primary N) is 1. The molecule has 2 amide bonds. The van der Waals surface area contributed by atoms with Gasteiger partial charge >= 0.3 is 6.09 Å². The molecule has 35 heavy (non-hydrogen) atoms. The Morgan fingerprint density at radius 3 is 2.40 bits per heavy atom. The Morgan fingerprint density at radius 2 is 1.74 bits per heavy atom. The third-order valence-corrected chi connectivity index (χ3v) is 5.36. The van der Waals surface area contributed by atoms with Gasteiger partial charge in [0.05, 0.1) is 10.9 Å². The lowest BCUT2D eigenvalue weighted by molar-refractivity contribution is -0.121. The van der Waals surface area contributed by atoms with Crippen LogP contribution in [0.15, 0.2) is 30.6 Å². The van der Waals surface area contributed by atoms with Gasteiger partial charge in [-0.15, -0.1) is 0 Å².